The van der Waals surface area contributed by atoms with Crippen molar-refractivity contribution < 1.29 is 4.79 Å². The molecule has 0 saturated carbocycles. The second-order valence-corrected chi connectivity index (χ2v) is 5.01. The van der Waals surface area contributed by atoms with E-state index in [1.807, 2.05) is 36.4 Å². The first-order valence-electron chi connectivity index (χ1n) is 6.05. The molecule has 0 bridgehead atoms. The normalized spacial score (nSPS) is 10.3. The van der Waals surface area contributed by atoms with E-state index in [4.69, 9.17) is 0 Å². The molecule has 17 heavy (non-hydrogen) atoms. The molecule has 0 aliphatic carbocycles. The summed E-state index contributed by atoms with van der Waals surface area (Å²) in [6, 6.07) is 8.12. The maximum atomic E-state index is 12.0. The van der Waals surface area contributed by atoms with E-state index in [1.165, 1.54) is 4.90 Å². The average molecular weight is 251 g/mol. The largest absolute Gasteiger partial charge is 0.345 e. The minimum Gasteiger partial charge on any atom is -0.345 e. The fraction of sp³-hybridized carbons (Fsp3) is 0.500. The number of benzene rings is 1. The van der Waals surface area contributed by atoms with Gasteiger partial charge in [0.15, 0.2) is 0 Å². The van der Waals surface area contributed by atoms with Gasteiger partial charge in [0.2, 0.25) is 5.91 Å². The molecular weight excluding hydrogens is 230 g/mol. The number of carbonyl (C=O) groups excluding carboxylic acids is 1. The van der Waals surface area contributed by atoms with Gasteiger partial charge in [-0.15, -0.1) is 11.8 Å². The topological polar surface area (TPSA) is 20.3 Å². The number of rotatable bonds is 6. The van der Waals surface area contributed by atoms with Gasteiger partial charge in [0.25, 0.3) is 0 Å². The van der Waals surface area contributed by atoms with Crippen LogP contribution in [0.1, 0.15) is 25.3 Å². The zero-order valence-corrected chi connectivity index (χ0v) is 11.7. The molecule has 0 saturated heterocycles. The van der Waals surface area contributed by atoms with E-state index in [0.29, 0.717) is 6.42 Å². The van der Waals surface area contributed by atoms with Crippen molar-refractivity contribution in [2.45, 2.75) is 31.1 Å². The molecule has 1 aromatic carbocycles. The van der Waals surface area contributed by atoms with Crippen LogP contribution in [0.3, 0.4) is 0 Å². The smallest absolute Gasteiger partial charge is 0.226 e. The summed E-state index contributed by atoms with van der Waals surface area (Å²) in [5.74, 6) is 0.208. The maximum Gasteiger partial charge on any atom is 0.226 e. The van der Waals surface area contributed by atoms with Gasteiger partial charge in [-0.3, -0.25) is 4.79 Å². The maximum absolute atomic E-state index is 12.0. The van der Waals surface area contributed by atoms with Gasteiger partial charge in [-0.2, -0.15) is 0 Å². The van der Waals surface area contributed by atoms with E-state index in [2.05, 4.69) is 13.0 Å². The highest BCUT2D eigenvalue weighted by Gasteiger charge is 2.11. The Hall–Kier alpha value is -0.960. The van der Waals surface area contributed by atoms with Gasteiger partial charge >= 0.3 is 0 Å². The van der Waals surface area contributed by atoms with Crippen LogP contribution in [0, 0.1) is 0 Å². The zero-order valence-electron chi connectivity index (χ0n) is 10.9. The molecule has 1 rings (SSSR count). The molecule has 0 N–H and O–H groups in total. The Kier molecular flexibility index (Phi) is 6.12. The van der Waals surface area contributed by atoms with E-state index in [9.17, 15) is 4.79 Å². The van der Waals surface area contributed by atoms with Crippen LogP contribution in [-0.2, 0) is 11.2 Å². The summed E-state index contributed by atoms with van der Waals surface area (Å²) < 4.78 is 0. The van der Waals surface area contributed by atoms with Crippen LogP contribution in [0.4, 0.5) is 0 Å². The van der Waals surface area contributed by atoms with Gasteiger partial charge in [0.1, 0.15) is 0 Å². The molecule has 0 aromatic heterocycles. The molecule has 0 radical (unpaired) electrons. The van der Waals surface area contributed by atoms with Crippen molar-refractivity contribution in [3.05, 3.63) is 29.8 Å². The number of thioether (sulfide) groups is 1. The SMILES string of the molecule is CCCCN(C)C(=O)Cc1ccccc1SC. The molecule has 0 atom stereocenters. The van der Waals surface area contributed by atoms with Crippen molar-refractivity contribution in [3.63, 3.8) is 0 Å². The predicted molar refractivity (Wildman–Crippen MR) is 74.5 cm³/mol. The second-order valence-electron chi connectivity index (χ2n) is 4.16. The van der Waals surface area contributed by atoms with Crippen molar-refractivity contribution in [2.75, 3.05) is 19.8 Å². The van der Waals surface area contributed by atoms with Gasteiger partial charge in [-0.25, -0.2) is 0 Å². The standard InChI is InChI=1S/C14H21NOS/c1-4-5-10-15(2)14(16)11-12-8-6-7-9-13(12)17-3/h6-9H,4-5,10-11H2,1-3H3. The minimum absolute atomic E-state index is 0.208. The lowest BCUT2D eigenvalue weighted by Crippen LogP contribution is -2.29. The van der Waals surface area contributed by atoms with Gasteiger partial charge < -0.3 is 4.90 Å². The van der Waals surface area contributed by atoms with Crippen molar-refractivity contribution in [1.82, 2.24) is 4.90 Å². The molecule has 0 aliphatic heterocycles. The Labute approximate surface area is 108 Å². The molecule has 3 heteroatoms. The lowest BCUT2D eigenvalue weighted by atomic mass is 10.1. The first-order chi connectivity index (χ1) is 8.19. The number of likely N-dealkylation sites (N-methyl/N-ethyl adjacent to an activating group) is 1. The van der Waals surface area contributed by atoms with Crippen molar-refractivity contribution in [2.24, 2.45) is 0 Å². The Balaban J connectivity index is 2.61. The lowest BCUT2D eigenvalue weighted by Gasteiger charge is -2.17. The third-order valence-corrected chi connectivity index (χ3v) is 3.65. The van der Waals surface area contributed by atoms with Crippen LogP contribution in [0.2, 0.25) is 0 Å². The summed E-state index contributed by atoms with van der Waals surface area (Å²) in [5, 5.41) is 0. The van der Waals surface area contributed by atoms with Gasteiger partial charge in [0.05, 0.1) is 6.42 Å². The first-order valence-corrected chi connectivity index (χ1v) is 7.27. The number of amides is 1. The Morgan fingerprint density at radius 1 is 1.35 bits per heavy atom. The molecule has 0 fully saturated rings. The molecule has 1 aromatic rings. The lowest BCUT2D eigenvalue weighted by molar-refractivity contribution is -0.129. The summed E-state index contributed by atoms with van der Waals surface area (Å²) in [4.78, 5) is 15.0. The van der Waals surface area contributed by atoms with Gasteiger partial charge in [0, 0.05) is 18.5 Å². The van der Waals surface area contributed by atoms with Crippen molar-refractivity contribution >= 4 is 17.7 Å². The van der Waals surface area contributed by atoms with Gasteiger partial charge in [-0.05, 0) is 24.3 Å². The monoisotopic (exact) mass is 251 g/mol. The number of unbranched alkanes of at least 4 members (excludes halogenated alkanes) is 1. The van der Waals surface area contributed by atoms with Crippen LogP contribution in [0.15, 0.2) is 29.2 Å². The van der Waals surface area contributed by atoms with Crippen LogP contribution >= 0.6 is 11.8 Å². The van der Waals surface area contributed by atoms with Crippen molar-refractivity contribution in [1.29, 1.82) is 0 Å². The second kappa shape index (κ2) is 7.38. The molecule has 2 nitrogen and oxygen atoms in total. The number of hydrogen-bond donors (Lipinski definition) is 0. The average Bonchev–Trinajstić information content (AvgIpc) is 2.36. The third-order valence-electron chi connectivity index (χ3n) is 2.81. The number of carbonyl (C=O) groups is 1. The van der Waals surface area contributed by atoms with Crippen LogP contribution in [0.25, 0.3) is 0 Å². The Bertz CT molecular complexity index is 365. The van der Waals surface area contributed by atoms with Crippen molar-refractivity contribution in [3.8, 4) is 0 Å². The summed E-state index contributed by atoms with van der Waals surface area (Å²) in [5.41, 5.74) is 1.13. The van der Waals surface area contributed by atoms with Gasteiger partial charge in [-0.1, -0.05) is 31.5 Å². The quantitative estimate of drug-likeness (QED) is 0.724. The number of hydrogen-bond acceptors (Lipinski definition) is 2. The first kappa shape index (κ1) is 14.1. The van der Waals surface area contributed by atoms with E-state index in [0.717, 1.165) is 24.9 Å². The van der Waals surface area contributed by atoms with Crippen LogP contribution in [-0.4, -0.2) is 30.7 Å². The van der Waals surface area contributed by atoms with E-state index in [1.54, 1.807) is 11.8 Å². The molecule has 0 aliphatic rings. The molecule has 94 valence electrons. The highest BCUT2D eigenvalue weighted by Crippen LogP contribution is 2.20. The molecule has 0 spiro atoms. The van der Waals surface area contributed by atoms with Crippen LogP contribution < -0.4 is 0 Å². The van der Waals surface area contributed by atoms with E-state index < -0.39 is 0 Å². The minimum atomic E-state index is 0.208. The van der Waals surface area contributed by atoms with Crippen LogP contribution in [0.5, 0.6) is 0 Å². The summed E-state index contributed by atoms with van der Waals surface area (Å²) in [6.07, 6.45) is 4.76. The highest BCUT2D eigenvalue weighted by atomic mass is 32.2. The van der Waals surface area contributed by atoms with E-state index in [-0.39, 0.29) is 5.91 Å². The summed E-state index contributed by atoms with van der Waals surface area (Å²) in [7, 11) is 1.89. The zero-order chi connectivity index (χ0) is 12.7. The predicted octanol–water partition coefficient (Wildman–Crippen LogP) is 3.21. The highest BCUT2D eigenvalue weighted by molar-refractivity contribution is 7.98. The summed E-state index contributed by atoms with van der Waals surface area (Å²) in [6.45, 7) is 3.00. The van der Waals surface area contributed by atoms with E-state index >= 15 is 0 Å². The third kappa shape index (κ3) is 4.43. The fourth-order valence-corrected chi connectivity index (χ4v) is 2.28. The fourth-order valence-electron chi connectivity index (χ4n) is 1.67. The molecule has 0 unspecified atom stereocenters. The number of nitrogens with zero attached hydrogens (tertiary/aromatic N) is 1. The molecule has 0 heterocycles. The Morgan fingerprint density at radius 2 is 2.06 bits per heavy atom. The molecule has 1 amide bonds. The molecular formula is C14H21NOS. The Morgan fingerprint density at radius 3 is 2.71 bits per heavy atom. The summed E-state index contributed by atoms with van der Waals surface area (Å²) >= 11 is 1.70.